The third-order valence-electron chi connectivity index (χ3n) is 5.16. The van der Waals surface area contributed by atoms with Crippen molar-refractivity contribution < 1.29 is 13.9 Å². The quantitative estimate of drug-likeness (QED) is 0.795. The number of carbonyl (C=O) groups is 1. The summed E-state index contributed by atoms with van der Waals surface area (Å²) in [7, 11) is 1.40. The van der Waals surface area contributed by atoms with Crippen LogP contribution in [0.5, 0.6) is 5.75 Å². The van der Waals surface area contributed by atoms with Crippen molar-refractivity contribution in [1.29, 1.82) is 0 Å². The molecule has 2 aromatic carbocycles. The van der Waals surface area contributed by atoms with E-state index < -0.39 is 5.82 Å². The minimum Gasteiger partial charge on any atom is -0.494 e. The standard InChI is InChI=1S/C22H28FN3O2/c1-17(24-22(27)18-8-9-21(28-2)20(23)16-18)10-11-25-12-14-26(15-13-25)19-6-4-3-5-7-19/h3-9,16-17H,10-15H2,1-2H3,(H,24,27)/t17-/m1/s1. The molecule has 1 amide bonds. The molecular formula is C22H28FN3O2. The molecule has 28 heavy (non-hydrogen) atoms. The normalized spacial score (nSPS) is 15.9. The number of rotatable bonds is 7. The minimum atomic E-state index is -0.529. The van der Waals surface area contributed by atoms with Crippen LogP contribution in [0.1, 0.15) is 23.7 Å². The minimum absolute atomic E-state index is 0.0183. The van der Waals surface area contributed by atoms with Crippen LogP contribution in [0.3, 0.4) is 0 Å². The Hall–Kier alpha value is -2.60. The number of amides is 1. The van der Waals surface area contributed by atoms with E-state index in [2.05, 4.69) is 39.4 Å². The van der Waals surface area contributed by atoms with E-state index in [4.69, 9.17) is 4.74 Å². The third-order valence-corrected chi connectivity index (χ3v) is 5.16. The molecule has 0 radical (unpaired) electrons. The van der Waals surface area contributed by atoms with Gasteiger partial charge in [-0.15, -0.1) is 0 Å². The smallest absolute Gasteiger partial charge is 0.251 e. The highest BCUT2D eigenvalue weighted by Gasteiger charge is 2.18. The van der Waals surface area contributed by atoms with Crippen molar-refractivity contribution in [3.63, 3.8) is 0 Å². The first-order valence-corrected chi connectivity index (χ1v) is 9.73. The van der Waals surface area contributed by atoms with E-state index in [1.165, 1.54) is 24.9 Å². The van der Waals surface area contributed by atoms with Gasteiger partial charge in [-0.2, -0.15) is 0 Å². The number of anilines is 1. The summed E-state index contributed by atoms with van der Waals surface area (Å²) in [5.74, 6) is -0.652. The zero-order valence-corrected chi connectivity index (χ0v) is 16.5. The molecule has 3 rings (SSSR count). The molecule has 0 aromatic heterocycles. The highest BCUT2D eigenvalue weighted by atomic mass is 19.1. The fourth-order valence-corrected chi connectivity index (χ4v) is 3.43. The molecule has 0 bridgehead atoms. The molecule has 2 aromatic rings. The van der Waals surface area contributed by atoms with Crippen LogP contribution in [0, 0.1) is 5.82 Å². The Kier molecular flexibility index (Phi) is 6.87. The summed E-state index contributed by atoms with van der Waals surface area (Å²) < 4.78 is 18.7. The van der Waals surface area contributed by atoms with Gasteiger partial charge in [0.1, 0.15) is 0 Å². The Morgan fingerprint density at radius 3 is 2.50 bits per heavy atom. The maximum absolute atomic E-state index is 13.8. The van der Waals surface area contributed by atoms with Gasteiger partial charge in [-0.05, 0) is 43.7 Å². The SMILES string of the molecule is COc1ccc(C(=O)N[C@H](C)CCN2CCN(c3ccccc3)CC2)cc1F. The molecule has 0 saturated carbocycles. The van der Waals surface area contributed by atoms with Gasteiger partial charge in [0.15, 0.2) is 11.6 Å². The molecule has 1 aliphatic heterocycles. The topological polar surface area (TPSA) is 44.8 Å². The van der Waals surface area contributed by atoms with Crippen molar-refractivity contribution in [2.24, 2.45) is 0 Å². The van der Waals surface area contributed by atoms with Crippen molar-refractivity contribution in [3.8, 4) is 5.75 Å². The number of nitrogens with zero attached hydrogens (tertiary/aromatic N) is 2. The monoisotopic (exact) mass is 385 g/mol. The highest BCUT2D eigenvalue weighted by Crippen LogP contribution is 2.18. The molecule has 0 unspecified atom stereocenters. The Bertz CT molecular complexity index is 777. The van der Waals surface area contributed by atoms with Gasteiger partial charge >= 0.3 is 0 Å². The number of hydrogen-bond acceptors (Lipinski definition) is 4. The number of benzene rings is 2. The fourth-order valence-electron chi connectivity index (χ4n) is 3.43. The van der Waals surface area contributed by atoms with Crippen LogP contribution in [0.15, 0.2) is 48.5 Å². The van der Waals surface area contributed by atoms with Gasteiger partial charge in [0.25, 0.3) is 5.91 Å². The summed E-state index contributed by atoms with van der Waals surface area (Å²) in [5.41, 5.74) is 1.58. The van der Waals surface area contributed by atoms with Crippen LogP contribution in [0.2, 0.25) is 0 Å². The number of ether oxygens (including phenoxy) is 1. The number of piperazine rings is 1. The van der Waals surface area contributed by atoms with E-state index in [9.17, 15) is 9.18 Å². The van der Waals surface area contributed by atoms with E-state index in [-0.39, 0.29) is 17.7 Å². The molecular weight excluding hydrogens is 357 g/mol. The van der Waals surface area contributed by atoms with Crippen LogP contribution in [0.4, 0.5) is 10.1 Å². The molecule has 6 heteroatoms. The van der Waals surface area contributed by atoms with E-state index in [0.717, 1.165) is 39.1 Å². The Morgan fingerprint density at radius 2 is 1.86 bits per heavy atom. The van der Waals surface area contributed by atoms with Gasteiger partial charge in [0.2, 0.25) is 0 Å². The van der Waals surface area contributed by atoms with Crippen molar-refractivity contribution >= 4 is 11.6 Å². The first-order chi connectivity index (χ1) is 13.6. The number of para-hydroxylation sites is 1. The van der Waals surface area contributed by atoms with Crippen molar-refractivity contribution in [3.05, 3.63) is 59.9 Å². The van der Waals surface area contributed by atoms with E-state index in [1.54, 1.807) is 6.07 Å². The van der Waals surface area contributed by atoms with Crippen molar-refractivity contribution in [1.82, 2.24) is 10.2 Å². The molecule has 1 atom stereocenters. The zero-order valence-electron chi connectivity index (χ0n) is 16.5. The highest BCUT2D eigenvalue weighted by molar-refractivity contribution is 5.94. The third kappa shape index (κ3) is 5.23. The summed E-state index contributed by atoms with van der Waals surface area (Å²) in [6.45, 7) is 6.96. The average molecular weight is 385 g/mol. The van der Waals surface area contributed by atoms with E-state index in [0.29, 0.717) is 5.56 Å². The van der Waals surface area contributed by atoms with Crippen LogP contribution in [0.25, 0.3) is 0 Å². The lowest BCUT2D eigenvalue weighted by atomic mass is 10.1. The van der Waals surface area contributed by atoms with Crippen LogP contribution in [-0.2, 0) is 0 Å². The zero-order chi connectivity index (χ0) is 19.9. The first kappa shape index (κ1) is 20.1. The van der Waals surface area contributed by atoms with E-state index >= 15 is 0 Å². The van der Waals surface area contributed by atoms with Gasteiger partial charge < -0.3 is 15.0 Å². The van der Waals surface area contributed by atoms with Crippen LogP contribution < -0.4 is 15.0 Å². The second-order valence-electron chi connectivity index (χ2n) is 7.18. The first-order valence-electron chi connectivity index (χ1n) is 9.73. The number of nitrogens with one attached hydrogen (secondary N) is 1. The Balaban J connectivity index is 1.41. The van der Waals surface area contributed by atoms with Gasteiger partial charge in [-0.3, -0.25) is 9.69 Å². The Labute approximate surface area is 166 Å². The van der Waals surface area contributed by atoms with Gasteiger partial charge in [-0.1, -0.05) is 18.2 Å². The lowest BCUT2D eigenvalue weighted by molar-refractivity contribution is 0.0934. The number of methoxy groups -OCH3 is 1. The molecule has 0 spiro atoms. The molecule has 0 aliphatic carbocycles. The predicted octanol–water partition coefficient (Wildman–Crippen LogP) is 3.16. The number of carbonyl (C=O) groups excluding carboxylic acids is 1. The maximum atomic E-state index is 13.8. The molecule has 1 aliphatic rings. The molecule has 150 valence electrons. The second-order valence-corrected chi connectivity index (χ2v) is 7.18. The average Bonchev–Trinajstić information content (AvgIpc) is 2.73. The predicted molar refractivity (Wildman–Crippen MR) is 110 cm³/mol. The van der Waals surface area contributed by atoms with Gasteiger partial charge in [0, 0.05) is 50.0 Å². The summed E-state index contributed by atoms with van der Waals surface area (Å²) in [6.07, 6.45) is 0.857. The molecule has 1 saturated heterocycles. The molecule has 1 fully saturated rings. The van der Waals surface area contributed by atoms with Gasteiger partial charge in [0.05, 0.1) is 7.11 Å². The summed E-state index contributed by atoms with van der Waals surface area (Å²) in [6, 6.07) is 14.8. The number of hydrogen-bond donors (Lipinski definition) is 1. The van der Waals surface area contributed by atoms with Crippen molar-refractivity contribution in [2.75, 3.05) is 44.7 Å². The maximum Gasteiger partial charge on any atom is 0.251 e. The summed E-state index contributed by atoms with van der Waals surface area (Å²) in [5, 5.41) is 2.95. The second kappa shape index (κ2) is 9.55. The lowest BCUT2D eigenvalue weighted by Gasteiger charge is -2.36. The summed E-state index contributed by atoms with van der Waals surface area (Å²) in [4.78, 5) is 17.1. The van der Waals surface area contributed by atoms with E-state index in [1.807, 2.05) is 13.0 Å². The van der Waals surface area contributed by atoms with Gasteiger partial charge in [-0.25, -0.2) is 4.39 Å². The largest absolute Gasteiger partial charge is 0.494 e. The lowest BCUT2D eigenvalue weighted by Crippen LogP contribution is -2.47. The molecule has 1 N–H and O–H groups in total. The fraction of sp³-hybridized carbons (Fsp3) is 0.409. The Morgan fingerprint density at radius 1 is 1.14 bits per heavy atom. The molecule has 1 heterocycles. The molecule has 5 nitrogen and oxygen atoms in total. The number of halogens is 1. The van der Waals surface area contributed by atoms with Crippen LogP contribution in [-0.4, -0.2) is 56.7 Å². The van der Waals surface area contributed by atoms with Crippen molar-refractivity contribution in [2.45, 2.75) is 19.4 Å². The summed E-state index contributed by atoms with van der Waals surface area (Å²) >= 11 is 0. The van der Waals surface area contributed by atoms with Crippen LogP contribution >= 0.6 is 0 Å².